The summed E-state index contributed by atoms with van der Waals surface area (Å²) in [6, 6.07) is 15.5. The summed E-state index contributed by atoms with van der Waals surface area (Å²) in [5.74, 6) is 0.638. The van der Waals surface area contributed by atoms with E-state index in [2.05, 4.69) is 5.32 Å². The van der Waals surface area contributed by atoms with Crippen LogP contribution in [0.3, 0.4) is 0 Å². The van der Waals surface area contributed by atoms with Gasteiger partial charge in [-0.25, -0.2) is 0 Å². The Morgan fingerprint density at radius 2 is 1.77 bits per heavy atom. The van der Waals surface area contributed by atoms with Crippen molar-refractivity contribution in [1.29, 1.82) is 0 Å². The Kier molecular flexibility index (Phi) is 5.98. The van der Waals surface area contributed by atoms with E-state index in [9.17, 15) is 4.79 Å². The summed E-state index contributed by atoms with van der Waals surface area (Å²) >= 11 is 0. The molecule has 4 nitrogen and oxygen atoms in total. The van der Waals surface area contributed by atoms with Crippen molar-refractivity contribution < 1.29 is 14.3 Å². The molecule has 1 amide bonds. The van der Waals surface area contributed by atoms with Crippen molar-refractivity contribution in [2.45, 2.75) is 13.8 Å². The second-order valence-corrected chi connectivity index (χ2v) is 5.13. The molecule has 2 aromatic carbocycles. The van der Waals surface area contributed by atoms with Gasteiger partial charge >= 0.3 is 0 Å². The Morgan fingerprint density at radius 1 is 1.00 bits per heavy atom. The summed E-state index contributed by atoms with van der Waals surface area (Å²) in [7, 11) is 0. The maximum atomic E-state index is 11.7. The average Bonchev–Trinajstić information content (AvgIpc) is 2.49. The van der Waals surface area contributed by atoms with Crippen LogP contribution in [0.2, 0.25) is 0 Å². The number of benzene rings is 2. The SMILES string of the molecule is Cc1ccc(OCCOCC(=O)Nc2cccc(C)c2)cc1. The third-order valence-corrected chi connectivity index (χ3v) is 3.05. The highest BCUT2D eigenvalue weighted by atomic mass is 16.5. The number of anilines is 1. The molecule has 0 radical (unpaired) electrons. The molecule has 0 fully saturated rings. The largest absolute Gasteiger partial charge is 0.491 e. The van der Waals surface area contributed by atoms with E-state index in [1.165, 1.54) is 5.56 Å². The lowest BCUT2D eigenvalue weighted by atomic mass is 10.2. The molecular formula is C18H21NO3. The molecule has 0 saturated heterocycles. The zero-order chi connectivity index (χ0) is 15.8. The summed E-state index contributed by atoms with van der Waals surface area (Å²) < 4.78 is 10.8. The van der Waals surface area contributed by atoms with E-state index in [1.807, 2.05) is 62.4 Å². The van der Waals surface area contributed by atoms with Gasteiger partial charge in [-0.15, -0.1) is 0 Å². The van der Waals surface area contributed by atoms with E-state index in [0.717, 1.165) is 17.0 Å². The number of hydrogen-bond acceptors (Lipinski definition) is 3. The lowest BCUT2D eigenvalue weighted by Gasteiger charge is -2.08. The van der Waals surface area contributed by atoms with Crippen molar-refractivity contribution >= 4 is 11.6 Å². The number of hydrogen-bond donors (Lipinski definition) is 1. The molecule has 0 aromatic heterocycles. The molecule has 0 saturated carbocycles. The number of rotatable bonds is 7. The van der Waals surface area contributed by atoms with Gasteiger partial charge in [0.2, 0.25) is 5.91 Å². The molecule has 22 heavy (non-hydrogen) atoms. The number of carbonyl (C=O) groups excluding carboxylic acids is 1. The Morgan fingerprint density at radius 3 is 2.50 bits per heavy atom. The van der Waals surface area contributed by atoms with Gasteiger partial charge in [-0.1, -0.05) is 29.8 Å². The first kappa shape index (κ1) is 16.0. The van der Waals surface area contributed by atoms with E-state index in [4.69, 9.17) is 9.47 Å². The molecule has 0 aliphatic heterocycles. The fraction of sp³-hybridized carbons (Fsp3) is 0.278. The standard InChI is InChI=1S/C18H21NO3/c1-14-6-8-17(9-7-14)22-11-10-21-13-18(20)19-16-5-3-4-15(2)12-16/h3-9,12H,10-11,13H2,1-2H3,(H,19,20). The molecule has 0 bridgehead atoms. The molecular weight excluding hydrogens is 278 g/mol. The summed E-state index contributed by atoms with van der Waals surface area (Å²) in [6.45, 7) is 4.81. The molecule has 0 atom stereocenters. The van der Waals surface area contributed by atoms with Gasteiger partial charge in [0.1, 0.15) is 19.0 Å². The van der Waals surface area contributed by atoms with Crippen LogP contribution in [0.5, 0.6) is 5.75 Å². The Bertz CT molecular complexity index is 608. The molecule has 2 aromatic rings. The van der Waals surface area contributed by atoms with Crippen molar-refractivity contribution in [1.82, 2.24) is 0 Å². The highest BCUT2D eigenvalue weighted by Crippen LogP contribution is 2.11. The maximum absolute atomic E-state index is 11.7. The van der Waals surface area contributed by atoms with Crippen LogP contribution >= 0.6 is 0 Å². The van der Waals surface area contributed by atoms with Crippen LogP contribution < -0.4 is 10.1 Å². The Balaban J connectivity index is 1.62. The summed E-state index contributed by atoms with van der Waals surface area (Å²) in [6.07, 6.45) is 0. The van der Waals surface area contributed by atoms with Crippen LogP contribution in [-0.4, -0.2) is 25.7 Å². The minimum Gasteiger partial charge on any atom is -0.491 e. The molecule has 4 heteroatoms. The van der Waals surface area contributed by atoms with Gasteiger partial charge in [0.15, 0.2) is 0 Å². The van der Waals surface area contributed by atoms with Crippen molar-refractivity contribution in [2.75, 3.05) is 25.1 Å². The molecule has 0 aliphatic rings. The summed E-state index contributed by atoms with van der Waals surface area (Å²) in [4.78, 5) is 11.7. The van der Waals surface area contributed by atoms with E-state index in [1.54, 1.807) is 0 Å². The Labute approximate surface area is 131 Å². The van der Waals surface area contributed by atoms with Gasteiger partial charge < -0.3 is 14.8 Å². The normalized spacial score (nSPS) is 10.3. The first-order valence-electron chi connectivity index (χ1n) is 7.27. The molecule has 0 unspecified atom stereocenters. The molecule has 0 spiro atoms. The van der Waals surface area contributed by atoms with Gasteiger partial charge in [0.25, 0.3) is 0 Å². The predicted octanol–water partition coefficient (Wildman–Crippen LogP) is 3.34. The number of aryl methyl sites for hydroxylation is 2. The second kappa shape index (κ2) is 8.20. The molecule has 116 valence electrons. The minimum absolute atomic E-state index is 0.0190. The summed E-state index contributed by atoms with van der Waals surface area (Å²) in [5, 5.41) is 2.79. The van der Waals surface area contributed by atoms with E-state index in [0.29, 0.717) is 13.2 Å². The van der Waals surface area contributed by atoms with Crippen molar-refractivity contribution in [3.8, 4) is 5.75 Å². The second-order valence-electron chi connectivity index (χ2n) is 5.13. The smallest absolute Gasteiger partial charge is 0.250 e. The number of ether oxygens (including phenoxy) is 2. The molecule has 0 aliphatic carbocycles. The van der Waals surface area contributed by atoms with Crippen molar-refractivity contribution in [3.05, 3.63) is 59.7 Å². The van der Waals surface area contributed by atoms with Gasteiger partial charge in [-0.2, -0.15) is 0 Å². The first-order valence-corrected chi connectivity index (χ1v) is 7.27. The number of amides is 1. The van der Waals surface area contributed by atoms with E-state index >= 15 is 0 Å². The zero-order valence-corrected chi connectivity index (χ0v) is 13.0. The average molecular weight is 299 g/mol. The van der Waals surface area contributed by atoms with Crippen LogP contribution in [0, 0.1) is 13.8 Å². The summed E-state index contributed by atoms with van der Waals surface area (Å²) in [5.41, 5.74) is 3.08. The molecule has 2 rings (SSSR count). The number of carbonyl (C=O) groups is 1. The first-order chi connectivity index (χ1) is 10.6. The monoisotopic (exact) mass is 299 g/mol. The van der Waals surface area contributed by atoms with Gasteiger partial charge in [0, 0.05) is 5.69 Å². The van der Waals surface area contributed by atoms with E-state index < -0.39 is 0 Å². The highest BCUT2D eigenvalue weighted by Gasteiger charge is 2.02. The highest BCUT2D eigenvalue weighted by molar-refractivity contribution is 5.91. The fourth-order valence-electron chi connectivity index (χ4n) is 1.94. The lowest BCUT2D eigenvalue weighted by Crippen LogP contribution is -2.20. The van der Waals surface area contributed by atoms with Crippen LogP contribution in [0.15, 0.2) is 48.5 Å². The van der Waals surface area contributed by atoms with E-state index in [-0.39, 0.29) is 12.5 Å². The maximum Gasteiger partial charge on any atom is 0.250 e. The van der Waals surface area contributed by atoms with Crippen molar-refractivity contribution in [2.24, 2.45) is 0 Å². The topological polar surface area (TPSA) is 47.6 Å². The van der Waals surface area contributed by atoms with Crippen LogP contribution in [-0.2, 0) is 9.53 Å². The van der Waals surface area contributed by atoms with Gasteiger partial charge in [-0.3, -0.25) is 4.79 Å². The number of nitrogens with one attached hydrogen (secondary N) is 1. The van der Waals surface area contributed by atoms with Crippen LogP contribution in [0.4, 0.5) is 5.69 Å². The van der Waals surface area contributed by atoms with Crippen molar-refractivity contribution in [3.63, 3.8) is 0 Å². The Hall–Kier alpha value is -2.33. The third kappa shape index (κ3) is 5.58. The van der Waals surface area contributed by atoms with Gasteiger partial charge in [0.05, 0.1) is 6.61 Å². The van der Waals surface area contributed by atoms with Gasteiger partial charge in [-0.05, 0) is 43.7 Å². The third-order valence-electron chi connectivity index (χ3n) is 3.05. The predicted molar refractivity (Wildman–Crippen MR) is 87.3 cm³/mol. The zero-order valence-electron chi connectivity index (χ0n) is 13.0. The minimum atomic E-state index is -0.166. The lowest BCUT2D eigenvalue weighted by molar-refractivity contribution is -0.120. The quantitative estimate of drug-likeness (QED) is 0.798. The fourth-order valence-corrected chi connectivity index (χ4v) is 1.94. The molecule has 1 N–H and O–H groups in total. The van der Waals surface area contributed by atoms with Crippen LogP contribution in [0.1, 0.15) is 11.1 Å². The van der Waals surface area contributed by atoms with Crippen LogP contribution in [0.25, 0.3) is 0 Å². The molecule has 0 heterocycles.